The summed E-state index contributed by atoms with van der Waals surface area (Å²) in [5.41, 5.74) is 3.72. The molecule has 0 radical (unpaired) electrons. The van der Waals surface area contributed by atoms with E-state index in [0.717, 1.165) is 42.2 Å². The molecule has 2 aromatic carbocycles. The fourth-order valence-corrected chi connectivity index (χ4v) is 4.48. The van der Waals surface area contributed by atoms with Gasteiger partial charge in [-0.2, -0.15) is 13.2 Å². The molecule has 0 aliphatic carbocycles. The fraction of sp³-hybridized carbons (Fsp3) is 0.222. The SMILES string of the molecule is CNC(O)c1ccccc1Nc1cc(Nc2ccc3[nH]cc(C4=CCNCC4)c3c2)ncc1C(F)(F)F. The van der Waals surface area contributed by atoms with Crippen molar-refractivity contribution < 1.29 is 18.3 Å². The minimum atomic E-state index is -4.62. The molecule has 5 rings (SSSR count). The molecule has 2 aromatic heterocycles. The number of hydrogen-bond donors (Lipinski definition) is 6. The Morgan fingerprint density at radius 3 is 2.65 bits per heavy atom. The van der Waals surface area contributed by atoms with E-state index in [1.54, 1.807) is 31.3 Å². The van der Waals surface area contributed by atoms with Crippen molar-refractivity contribution in [2.75, 3.05) is 30.8 Å². The summed E-state index contributed by atoms with van der Waals surface area (Å²) in [7, 11) is 1.56. The first kappa shape index (κ1) is 24.8. The third kappa shape index (κ3) is 5.31. The molecule has 1 aliphatic heterocycles. The van der Waals surface area contributed by atoms with E-state index in [1.165, 1.54) is 11.6 Å². The number of benzene rings is 2. The van der Waals surface area contributed by atoms with E-state index in [-0.39, 0.29) is 11.5 Å². The van der Waals surface area contributed by atoms with Gasteiger partial charge < -0.3 is 26.0 Å². The molecule has 0 amide bonds. The van der Waals surface area contributed by atoms with Crippen LogP contribution in [0.1, 0.15) is 29.3 Å². The third-order valence-corrected chi connectivity index (χ3v) is 6.37. The number of alkyl halides is 3. The van der Waals surface area contributed by atoms with Gasteiger partial charge in [0, 0.05) is 58.4 Å². The lowest BCUT2D eigenvalue weighted by atomic mass is 9.99. The van der Waals surface area contributed by atoms with Gasteiger partial charge in [0.15, 0.2) is 0 Å². The Labute approximate surface area is 211 Å². The fourth-order valence-electron chi connectivity index (χ4n) is 4.48. The molecular formula is C27H27F3N6O. The number of aliphatic hydroxyl groups is 1. The Balaban J connectivity index is 1.48. The standard InChI is InChI=1S/C27H27F3N6O/c1-31-26(37)18-4-2-3-5-23(18)36-24-13-25(34-15-21(24)27(28,29)30)35-17-6-7-22-19(12-17)20(14-33-22)16-8-10-32-11-9-16/h2-8,12-15,26,31-33,37H,9-11H2,1H3,(H2,34,35,36). The van der Waals surface area contributed by atoms with Gasteiger partial charge in [0.25, 0.3) is 0 Å². The molecule has 0 fully saturated rings. The summed E-state index contributed by atoms with van der Waals surface area (Å²) in [5, 5.41) is 23.3. The Morgan fingerprint density at radius 2 is 1.89 bits per heavy atom. The lowest BCUT2D eigenvalue weighted by Crippen LogP contribution is -2.19. The van der Waals surface area contributed by atoms with Gasteiger partial charge >= 0.3 is 6.18 Å². The highest BCUT2D eigenvalue weighted by molar-refractivity contribution is 5.95. The second-order valence-corrected chi connectivity index (χ2v) is 8.79. The predicted octanol–water partition coefficient (Wildman–Crippen LogP) is 5.66. The molecule has 7 nitrogen and oxygen atoms in total. The van der Waals surface area contributed by atoms with Crippen LogP contribution >= 0.6 is 0 Å². The summed E-state index contributed by atoms with van der Waals surface area (Å²) in [4.78, 5) is 7.33. The molecule has 1 atom stereocenters. The first-order valence-electron chi connectivity index (χ1n) is 11.9. The van der Waals surface area contributed by atoms with Crippen molar-refractivity contribution in [1.82, 2.24) is 20.6 Å². The summed E-state index contributed by atoms with van der Waals surface area (Å²) >= 11 is 0. The molecule has 3 heterocycles. The molecule has 1 aliphatic rings. The van der Waals surface area contributed by atoms with E-state index in [2.05, 4.69) is 37.3 Å². The highest BCUT2D eigenvalue weighted by Crippen LogP contribution is 2.38. The summed E-state index contributed by atoms with van der Waals surface area (Å²) < 4.78 is 41.5. The molecule has 10 heteroatoms. The zero-order chi connectivity index (χ0) is 26.0. The van der Waals surface area contributed by atoms with Crippen LogP contribution < -0.4 is 21.3 Å². The summed E-state index contributed by atoms with van der Waals surface area (Å²) in [6, 6.07) is 13.7. The topological polar surface area (TPSA) is 97.0 Å². The van der Waals surface area contributed by atoms with Crippen LogP contribution in [-0.2, 0) is 6.18 Å². The van der Waals surface area contributed by atoms with Crippen molar-refractivity contribution in [3.63, 3.8) is 0 Å². The third-order valence-electron chi connectivity index (χ3n) is 6.37. The van der Waals surface area contributed by atoms with E-state index in [0.29, 0.717) is 16.9 Å². The van der Waals surface area contributed by atoms with Crippen molar-refractivity contribution in [3.8, 4) is 0 Å². The summed E-state index contributed by atoms with van der Waals surface area (Å²) in [5.74, 6) is 0.250. The molecule has 0 spiro atoms. The van der Waals surface area contributed by atoms with E-state index in [4.69, 9.17) is 0 Å². The first-order valence-corrected chi connectivity index (χ1v) is 11.9. The van der Waals surface area contributed by atoms with Crippen LogP contribution in [0.25, 0.3) is 16.5 Å². The van der Waals surface area contributed by atoms with Crippen molar-refractivity contribution in [2.45, 2.75) is 18.8 Å². The Hall–Kier alpha value is -3.86. The molecular weight excluding hydrogens is 481 g/mol. The van der Waals surface area contributed by atoms with Crippen LogP contribution in [-0.4, -0.2) is 35.2 Å². The molecule has 6 N–H and O–H groups in total. The highest BCUT2D eigenvalue weighted by Gasteiger charge is 2.34. The van der Waals surface area contributed by atoms with Gasteiger partial charge in [0.05, 0.1) is 11.3 Å². The molecule has 192 valence electrons. The van der Waals surface area contributed by atoms with E-state index in [9.17, 15) is 18.3 Å². The van der Waals surface area contributed by atoms with E-state index >= 15 is 0 Å². The Morgan fingerprint density at radius 1 is 1.05 bits per heavy atom. The van der Waals surface area contributed by atoms with Crippen molar-refractivity contribution >= 4 is 39.4 Å². The molecule has 0 saturated carbocycles. The van der Waals surface area contributed by atoms with Crippen LogP contribution in [0, 0.1) is 0 Å². The monoisotopic (exact) mass is 508 g/mol. The van der Waals surface area contributed by atoms with Crippen LogP contribution in [0.5, 0.6) is 0 Å². The molecule has 0 saturated heterocycles. The number of aromatic amines is 1. The predicted molar refractivity (Wildman–Crippen MR) is 140 cm³/mol. The molecule has 4 aromatic rings. The van der Waals surface area contributed by atoms with Gasteiger partial charge in [0.1, 0.15) is 12.0 Å². The number of aliphatic hydroxyl groups excluding tert-OH is 1. The number of aromatic nitrogens is 2. The van der Waals surface area contributed by atoms with Crippen molar-refractivity contribution in [2.24, 2.45) is 0 Å². The van der Waals surface area contributed by atoms with Gasteiger partial charge in [-0.15, -0.1) is 0 Å². The second kappa shape index (κ2) is 10.3. The summed E-state index contributed by atoms with van der Waals surface area (Å²) in [6.07, 6.45) is 0.220. The number of halogens is 3. The number of rotatable bonds is 7. The highest BCUT2D eigenvalue weighted by atomic mass is 19.4. The maximum Gasteiger partial charge on any atom is 0.419 e. The minimum absolute atomic E-state index is 0.177. The maximum atomic E-state index is 13.8. The summed E-state index contributed by atoms with van der Waals surface area (Å²) in [6.45, 7) is 1.73. The zero-order valence-corrected chi connectivity index (χ0v) is 20.1. The van der Waals surface area contributed by atoms with Crippen LogP contribution in [0.4, 0.5) is 36.1 Å². The van der Waals surface area contributed by atoms with Crippen LogP contribution in [0.3, 0.4) is 0 Å². The quantitative estimate of drug-likeness (QED) is 0.181. The number of nitrogens with zero attached hydrogens (tertiary/aromatic N) is 1. The van der Waals surface area contributed by atoms with Crippen molar-refractivity contribution in [1.29, 1.82) is 0 Å². The zero-order valence-electron chi connectivity index (χ0n) is 20.1. The largest absolute Gasteiger partial charge is 0.419 e. The number of anilines is 4. The lowest BCUT2D eigenvalue weighted by Gasteiger charge is -2.19. The normalized spacial score (nSPS) is 14.9. The average molecular weight is 509 g/mol. The van der Waals surface area contributed by atoms with E-state index in [1.807, 2.05) is 24.4 Å². The smallest absolute Gasteiger partial charge is 0.374 e. The number of nitrogens with one attached hydrogen (secondary N) is 5. The Bertz CT molecular complexity index is 1450. The number of fused-ring (bicyclic) bond motifs is 1. The Kier molecular flexibility index (Phi) is 6.88. The average Bonchev–Trinajstić information content (AvgIpc) is 3.32. The number of hydrogen-bond acceptors (Lipinski definition) is 6. The van der Waals surface area contributed by atoms with E-state index < -0.39 is 18.0 Å². The van der Waals surface area contributed by atoms with Gasteiger partial charge in [-0.3, -0.25) is 5.32 Å². The maximum absolute atomic E-state index is 13.8. The van der Waals surface area contributed by atoms with Gasteiger partial charge in [0.2, 0.25) is 0 Å². The number of H-pyrrole nitrogens is 1. The number of pyridine rings is 1. The molecule has 37 heavy (non-hydrogen) atoms. The van der Waals surface area contributed by atoms with Crippen LogP contribution in [0.2, 0.25) is 0 Å². The molecule has 0 bridgehead atoms. The first-order chi connectivity index (χ1) is 17.8. The van der Waals surface area contributed by atoms with Gasteiger partial charge in [-0.25, -0.2) is 4.98 Å². The number of para-hydroxylation sites is 1. The van der Waals surface area contributed by atoms with Crippen molar-refractivity contribution in [3.05, 3.63) is 83.7 Å². The second-order valence-electron chi connectivity index (χ2n) is 8.79. The van der Waals surface area contributed by atoms with Gasteiger partial charge in [-0.1, -0.05) is 24.3 Å². The lowest BCUT2D eigenvalue weighted by molar-refractivity contribution is -0.137. The minimum Gasteiger partial charge on any atom is -0.374 e. The van der Waals surface area contributed by atoms with Gasteiger partial charge in [-0.05, 0) is 49.9 Å². The molecule has 1 unspecified atom stereocenters. The van der Waals surface area contributed by atoms with Crippen LogP contribution in [0.15, 0.2) is 67.0 Å².